The van der Waals surface area contributed by atoms with Crippen LogP contribution < -0.4 is 11.1 Å². The highest BCUT2D eigenvalue weighted by Crippen LogP contribution is 2.25. The summed E-state index contributed by atoms with van der Waals surface area (Å²) in [7, 11) is 0. The maximum atomic E-state index is 11.8. The van der Waals surface area contributed by atoms with E-state index in [-0.39, 0.29) is 18.3 Å². The first kappa shape index (κ1) is 11.6. The highest BCUT2D eigenvalue weighted by molar-refractivity contribution is 7.22. The summed E-state index contributed by atoms with van der Waals surface area (Å²) in [6.45, 7) is 0.0557. The summed E-state index contributed by atoms with van der Waals surface area (Å²) in [5.74, 6) is 0.0664. The molecule has 0 radical (unpaired) electrons. The summed E-state index contributed by atoms with van der Waals surface area (Å²) >= 11 is 1.43. The summed E-state index contributed by atoms with van der Waals surface area (Å²) in [5, 5.41) is 10.6. The van der Waals surface area contributed by atoms with Gasteiger partial charge in [0.2, 0.25) is 5.91 Å². The molecule has 2 heterocycles. The first-order valence-electron chi connectivity index (χ1n) is 5.52. The number of nitrogen functional groups attached to an aromatic ring is 1. The number of hydrogen-bond donors (Lipinski definition) is 2. The Morgan fingerprint density at radius 1 is 1.42 bits per heavy atom. The van der Waals surface area contributed by atoms with Crippen LogP contribution in [0.15, 0.2) is 30.5 Å². The van der Waals surface area contributed by atoms with Gasteiger partial charge in [0.25, 0.3) is 0 Å². The van der Waals surface area contributed by atoms with Gasteiger partial charge in [0.1, 0.15) is 6.54 Å². The molecule has 0 aliphatic carbocycles. The molecule has 0 fully saturated rings. The standard InChI is InChI=1S/C11H10N6OS/c12-9-5-17(16-15-9)6-10(18)14-11-13-7-3-1-2-4-8(7)19-11/h1-5H,6,12H2,(H,13,14,18). The molecule has 0 aliphatic rings. The molecule has 3 rings (SSSR count). The zero-order chi connectivity index (χ0) is 13.2. The van der Waals surface area contributed by atoms with Gasteiger partial charge >= 0.3 is 0 Å². The monoisotopic (exact) mass is 274 g/mol. The Morgan fingerprint density at radius 2 is 2.26 bits per heavy atom. The van der Waals surface area contributed by atoms with Crippen LogP contribution in [0.2, 0.25) is 0 Å². The maximum Gasteiger partial charge on any atom is 0.247 e. The Balaban J connectivity index is 1.72. The summed E-state index contributed by atoms with van der Waals surface area (Å²) < 4.78 is 2.40. The van der Waals surface area contributed by atoms with E-state index in [1.54, 1.807) is 0 Å². The molecule has 8 heteroatoms. The Hall–Kier alpha value is -2.48. The summed E-state index contributed by atoms with van der Waals surface area (Å²) in [5.41, 5.74) is 6.29. The SMILES string of the molecule is Nc1cn(CC(=O)Nc2nc3ccccc3s2)nn1. The second kappa shape index (κ2) is 4.65. The molecule has 0 saturated heterocycles. The lowest BCUT2D eigenvalue weighted by Gasteiger charge is -2.00. The number of aromatic nitrogens is 4. The fourth-order valence-electron chi connectivity index (χ4n) is 1.62. The molecule has 0 saturated carbocycles. The second-order valence-corrected chi connectivity index (χ2v) is 4.91. The molecule has 0 atom stereocenters. The molecule has 0 aliphatic heterocycles. The fraction of sp³-hybridized carbons (Fsp3) is 0.0909. The number of nitrogens with two attached hydrogens (primary N) is 1. The molecule has 19 heavy (non-hydrogen) atoms. The molecule has 1 amide bonds. The normalized spacial score (nSPS) is 10.7. The van der Waals surface area contributed by atoms with Crippen LogP contribution in [0.1, 0.15) is 0 Å². The minimum atomic E-state index is -0.219. The number of carbonyl (C=O) groups excluding carboxylic acids is 1. The summed E-state index contributed by atoms with van der Waals surface area (Å²) in [4.78, 5) is 16.1. The van der Waals surface area contributed by atoms with E-state index in [1.165, 1.54) is 22.2 Å². The average molecular weight is 274 g/mol. The molecule has 0 spiro atoms. The van der Waals surface area contributed by atoms with E-state index in [4.69, 9.17) is 5.73 Å². The Labute approximate surface area is 112 Å². The van der Waals surface area contributed by atoms with Crippen LogP contribution in [0.25, 0.3) is 10.2 Å². The number of anilines is 2. The minimum absolute atomic E-state index is 0.0557. The quantitative estimate of drug-likeness (QED) is 0.745. The first-order chi connectivity index (χ1) is 9.20. The molecule has 3 aromatic rings. The zero-order valence-electron chi connectivity index (χ0n) is 9.78. The molecule has 2 aromatic heterocycles. The van der Waals surface area contributed by atoms with Gasteiger partial charge < -0.3 is 11.1 Å². The average Bonchev–Trinajstić information content (AvgIpc) is 2.94. The summed E-state index contributed by atoms with van der Waals surface area (Å²) in [6.07, 6.45) is 1.50. The highest BCUT2D eigenvalue weighted by Gasteiger charge is 2.09. The van der Waals surface area contributed by atoms with Crippen LogP contribution in [0.5, 0.6) is 0 Å². The van der Waals surface area contributed by atoms with Gasteiger partial charge in [0.05, 0.1) is 16.4 Å². The van der Waals surface area contributed by atoms with Gasteiger partial charge in [-0.2, -0.15) is 0 Å². The van der Waals surface area contributed by atoms with Gasteiger partial charge in [-0.25, -0.2) is 9.67 Å². The third-order valence-corrected chi connectivity index (χ3v) is 3.35. The highest BCUT2D eigenvalue weighted by atomic mass is 32.1. The molecule has 3 N–H and O–H groups in total. The smallest absolute Gasteiger partial charge is 0.247 e. The van der Waals surface area contributed by atoms with E-state index in [1.807, 2.05) is 24.3 Å². The number of para-hydroxylation sites is 1. The van der Waals surface area contributed by atoms with Crippen molar-refractivity contribution in [3.63, 3.8) is 0 Å². The number of carbonyl (C=O) groups is 1. The van der Waals surface area contributed by atoms with Crippen molar-refractivity contribution < 1.29 is 4.79 Å². The largest absolute Gasteiger partial charge is 0.381 e. The second-order valence-electron chi connectivity index (χ2n) is 3.88. The van der Waals surface area contributed by atoms with Gasteiger partial charge in [0, 0.05) is 0 Å². The van der Waals surface area contributed by atoms with Crippen molar-refractivity contribution in [2.45, 2.75) is 6.54 Å². The molecule has 96 valence electrons. The molecular weight excluding hydrogens is 264 g/mol. The lowest BCUT2D eigenvalue weighted by atomic mass is 10.3. The molecular formula is C11H10N6OS. The topological polar surface area (TPSA) is 98.7 Å². The number of amides is 1. The lowest BCUT2D eigenvalue weighted by molar-refractivity contribution is -0.116. The van der Waals surface area contributed by atoms with Crippen LogP contribution >= 0.6 is 11.3 Å². The maximum absolute atomic E-state index is 11.8. The van der Waals surface area contributed by atoms with Gasteiger partial charge in [-0.05, 0) is 12.1 Å². The van der Waals surface area contributed by atoms with Crippen LogP contribution in [-0.2, 0) is 11.3 Å². The lowest BCUT2D eigenvalue weighted by Crippen LogP contribution is -2.19. The van der Waals surface area contributed by atoms with E-state index >= 15 is 0 Å². The molecule has 0 unspecified atom stereocenters. The Kier molecular flexibility index (Phi) is 2.84. The molecule has 7 nitrogen and oxygen atoms in total. The molecule has 0 bridgehead atoms. The van der Waals surface area contributed by atoms with E-state index in [2.05, 4.69) is 20.6 Å². The zero-order valence-corrected chi connectivity index (χ0v) is 10.6. The van der Waals surface area contributed by atoms with Crippen molar-refractivity contribution in [2.75, 3.05) is 11.1 Å². The van der Waals surface area contributed by atoms with Crippen molar-refractivity contribution >= 4 is 38.4 Å². The number of thiazole rings is 1. The van der Waals surface area contributed by atoms with Crippen molar-refractivity contribution in [1.82, 2.24) is 20.0 Å². The Morgan fingerprint density at radius 3 is 3.00 bits per heavy atom. The van der Waals surface area contributed by atoms with Crippen molar-refractivity contribution in [3.05, 3.63) is 30.5 Å². The van der Waals surface area contributed by atoms with E-state index in [0.29, 0.717) is 5.13 Å². The third kappa shape index (κ3) is 2.52. The minimum Gasteiger partial charge on any atom is -0.381 e. The number of fused-ring (bicyclic) bond motifs is 1. The number of nitrogens with one attached hydrogen (secondary N) is 1. The van der Waals surface area contributed by atoms with Crippen molar-refractivity contribution in [2.24, 2.45) is 0 Å². The van der Waals surface area contributed by atoms with Crippen molar-refractivity contribution in [1.29, 1.82) is 0 Å². The number of hydrogen-bond acceptors (Lipinski definition) is 6. The van der Waals surface area contributed by atoms with Gasteiger partial charge in [0.15, 0.2) is 10.9 Å². The van der Waals surface area contributed by atoms with E-state index in [9.17, 15) is 4.79 Å². The van der Waals surface area contributed by atoms with Gasteiger partial charge in [-0.1, -0.05) is 28.7 Å². The third-order valence-electron chi connectivity index (χ3n) is 2.40. The van der Waals surface area contributed by atoms with Gasteiger partial charge in [-0.3, -0.25) is 4.79 Å². The predicted molar refractivity (Wildman–Crippen MR) is 72.7 cm³/mol. The van der Waals surface area contributed by atoms with Crippen LogP contribution in [-0.4, -0.2) is 25.9 Å². The summed E-state index contributed by atoms with van der Waals surface area (Å²) in [6, 6.07) is 7.70. The Bertz CT molecular complexity index is 700. The number of benzene rings is 1. The van der Waals surface area contributed by atoms with Crippen LogP contribution in [0.3, 0.4) is 0 Å². The van der Waals surface area contributed by atoms with Crippen molar-refractivity contribution in [3.8, 4) is 0 Å². The number of rotatable bonds is 3. The predicted octanol–water partition coefficient (Wildman–Crippen LogP) is 1.11. The van der Waals surface area contributed by atoms with E-state index < -0.39 is 0 Å². The van der Waals surface area contributed by atoms with Crippen LogP contribution in [0.4, 0.5) is 10.9 Å². The fourth-order valence-corrected chi connectivity index (χ4v) is 2.50. The number of nitrogens with zero attached hydrogens (tertiary/aromatic N) is 4. The molecule has 1 aromatic carbocycles. The van der Waals surface area contributed by atoms with E-state index in [0.717, 1.165) is 10.2 Å². The van der Waals surface area contributed by atoms with Gasteiger partial charge in [-0.15, -0.1) is 5.10 Å². The van der Waals surface area contributed by atoms with Crippen LogP contribution in [0, 0.1) is 0 Å². The first-order valence-corrected chi connectivity index (χ1v) is 6.33.